The van der Waals surface area contributed by atoms with Crippen molar-refractivity contribution < 1.29 is 23.9 Å². The minimum atomic E-state index is -0.644. The molecule has 2 aliphatic heterocycles. The molecule has 2 unspecified atom stereocenters. The van der Waals surface area contributed by atoms with E-state index in [0.29, 0.717) is 48.0 Å². The van der Waals surface area contributed by atoms with Crippen molar-refractivity contribution >= 4 is 29.1 Å². The van der Waals surface area contributed by atoms with Crippen LogP contribution in [0.25, 0.3) is 0 Å². The molecule has 1 N–H and O–H groups in total. The first-order valence-corrected chi connectivity index (χ1v) is 14.3. The van der Waals surface area contributed by atoms with Gasteiger partial charge in [0.05, 0.1) is 25.1 Å². The van der Waals surface area contributed by atoms with Crippen molar-refractivity contribution in [1.82, 2.24) is 20.0 Å². The minimum absolute atomic E-state index is 0.0628. The molecule has 3 heterocycles. The van der Waals surface area contributed by atoms with Crippen LogP contribution in [0.5, 0.6) is 11.5 Å². The first-order chi connectivity index (χ1) is 19.5. The molecular formula is C30H34N4O5S. The summed E-state index contributed by atoms with van der Waals surface area (Å²) >= 11 is 1.36. The average Bonchev–Trinajstić information content (AvgIpc) is 3.71. The Morgan fingerprint density at radius 1 is 0.975 bits per heavy atom. The van der Waals surface area contributed by atoms with Gasteiger partial charge in [-0.25, -0.2) is 0 Å². The third kappa shape index (κ3) is 5.97. The molecule has 0 radical (unpaired) electrons. The van der Waals surface area contributed by atoms with Gasteiger partial charge in [0.15, 0.2) is 0 Å². The van der Waals surface area contributed by atoms with E-state index in [1.165, 1.54) is 11.3 Å². The Morgan fingerprint density at radius 3 is 2.40 bits per heavy atom. The summed E-state index contributed by atoms with van der Waals surface area (Å²) < 4.78 is 10.7. The molecule has 3 aromatic rings. The van der Waals surface area contributed by atoms with Gasteiger partial charge in [0.2, 0.25) is 5.91 Å². The number of carbonyl (C=O) groups is 3. The first kappa shape index (κ1) is 27.7. The highest BCUT2D eigenvalue weighted by molar-refractivity contribution is 7.12. The van der Waals surface area contributed by atoms with Crippen LogP contribution >= 0.6 is 11.3 Å². The van der Waals surface area contributed by atoms with Crippen LogP contribution in [-0.4, -0.2) is 91.4 Å². The number of piperazine rings is 1. The fourth-order valence-corrected chi connectivity index (χ4v) is 6.05. The summed E-state index contributed by atoms with van der Waals surface area (Å²) in [5, 5.41) is 5.13. The normalized spacial score (nSPS) is 18.9. The number of nitrogens with zero attached hydrogens (tertiary/aromatic N) is 3. The molecule has 0 saturated carbocycles. The predicted octanol–water partition coefficient (Wildman–Crippen LogP) is 3.12. The zero-order valence-electron chi connectivity index (χ0n) is 22.7. The molecule has 0 spiro atoms. The third-order valence-corrected chi connectivity index (χ3v) is 8.37. The van der Waals surface area contributed by atoms with Crippen molar-refractivity contribution in [2.45, 2.75) is 25.0 Å². The van der Waals surface area contributed by atoms with Crippen LogP contribution in [0, 0.1) is 0 Å². The molecule has 3 amide bonds. The van der Waals surface area contributed by atoms with Gasteiger partial charge in [-0.15, -0.1) is 11.3 Å². The number of nitrogens with one attached hydrogen (secondary N) is 1. The molecule has 1 aromatic heterocycles. The Bertz CT molecular complexity index is 1320. The Hall–Kier alpha value is -3.89. The number of hydrogen-bond donors (Lipinski definition) is 1. The summed E-state index contributed by atoms with van der Waals surface area (Å²) in [6.07, 6.45) is 0.367. The standard InChI is InChI=1S/C30H34N4O5S/c1-38-24-10-8-22(9-11-24)28(35)33(19-21-5-3-6-25(17-21)39-2)23-18-26(29(36)32-14-12-31-13-15-32)34(20-23)30(37)27-7-4-16-40-27/h3-11,16-17,23,26,31H,12-15,18-20H2,1-2H3. The van der Waals surface area contributed by atoms with Crippen LogP contribution in [-0.2, 0) is 11.3 Å². The van der Waals surface area contributed by atoms with E-state index >= 15 is 0 Å². The maximum atomic E-state index is 14.0. The van der Waals surface area contributed by atoms with Crippen molar-refractivity contribution in [3.63, 3.8) is 0 Å². The van der Waals surface area contributed by atoms with Crippen LogP contribution in [0.3, 0.4) is 0 Å². The molecule has 2 aliphatic rings. The van der Waals surface area contributed by atoms with Crippen LogP contribution in [0.15, 0.2) is 66.0 Å². The number of thiophene rings is 1. The molecule has 40 heavy (non-hydrogen) atoms. The van der Waals surface area contributed by atoms with Gasteiger partial charge < -0.3 is 29.5 Å². The fraction of sp³-hybridized carbons (Fsp3) is 0.367. The molecule has 2 saturated heterocycles. The lowest BCUT2D eigenvalue weighted by molar-refractivity contribution is -0.135. The van der Waals surface area contributed by atoms with Crippen LogP contribution in [0.4, 0.5) is 0 Å². The van der Waals surface area contributed by atoms with Crippen LogP contribution in [0.2, 0.25) is 0 Å². The quantitative estimate of drug-likeness (QED) is 0.454. The van der Waals surface area contributed by atoms with E-state index in [2.05, 4.69) is 5.32 Å². The van der Waals surface area contributed by atoms with Crippen molar-refractivity contribution in [3.8, 4) is 11.5 Å². The molecule has 2 atom stereocenters. The van der Waals surface area contributed by atoms with E-state index in [1.807, 2.05) is 40.6 Å². The van der Waals surface area contributed by atoms with Crippen LogP contribution < -0.4 is 14.8 Å². The molecule has 0 aliphatic carbocycles. The fourth-order valence-electron chi connectivity index (χ4n) is 5.37. The highest BCUT2D eigenvalue weighted by Gasteiger charge is 2.45. The van der Waals surface area contributed by atoms with Crippen molar-refractivity contribution in [1.29, 1.82) is 0 Å². The van der Waals surface area contributed by atoms with Gasteiger partial charge in [-0.3, -0.25) is 14.4 Å². The van der Waals surface area contributed by atoms with E-state index < -0.39 is 6.04 Å². The lowest BCUT2D eigenvalue weighted by atomic mass is 10.1. The lowest BCUT2D eigenvalue weighted by Gasteiger charge is -2.32. The highest BCUT2D eigenvalue weighted by Crippen LogP contribution is 2.30. The first-order valence-electron chi connectivity index (χ1n) is 13.4. The Morgan fingerprint density at radius 2 is 1.73 bits per heavy atom. The summed E-state index contributed by atoms with van der Waals surface area (Å²) in [4.78, 5) is 47.3. The number of likely N-dealkylation sites (tertiary alicyclic amines) is 1. The monoisotopic (exact) mass is 562 g/mol. The Labute approximate surface area is 238 Å². The molecule has 2 fully saturated rings. The number of methoxy groups -OCH3 is 2. The molecule has 210 valence electrons. The molecule has 10 heteroatoms. The summed E-state index contributed by atoms with van der Waals surface area (Å²) in [5.74, 6) is 0.943. The summed E-state index contributed by atoms with van der Waals surface area (Å²) in [6.45, 7) is 3.21. The van der Waals surface area contributed by atoms with E-state index in [4.69, 9.17) is 9.47 Å². The van der Waals surface area contributed by atoms with Crippen molar-refractivity contribution in [2.24, 2.45) is 0 Å². The Balaban J connectivity index is 1.48. The lowest BCUT2D eigenvalue weighted by Crippen LogP contribution is -2.53. The van der Waals surface area contributed by atoms with Crippen molar-refractivity contribution in [2.75, 3.05) is 46.9 Å². The zero-order valence-corrected chi connectivity index (χ0v) is 23.6. The van der Waals surface area contributed by atoms with Gasteiger partial charge >= 0.3 is 0 Å². The predicted molar refractivity (Wildman–Crippen MR) is 153 cm³/mol. The number of hydrogen-bond acceptors (Lipinski definition) is 7. The van der Waals surface area contributed by atoms with Gasteiger partial charge in [0.1, 0.15) is 17.5 Å². The molecular weight excluding hydrogens is 528 g/mol. The molecule has 0 bridgehead atoms. The van der Waals surface area contributed by atoms with E-state index in [-0.39, 0.29) is 30.3 Å². The third-order valence-electron chi connectivity index (χ3n) is 7.51. The Kier molecular flexibility index (Phi) is 8.66. The maximum Gasteiger partial charge on any atom is 0.264 e. The van der Waals surface area contributed by atoms with E-state index in [9.17, 15) is 14.4 Å². The number of ether oxygens (including phenoxy) is 2. The zero-order chi connectivity index (χ0) is 28.1. The SMILES string of the molecule is COc1ccc(C(=O)N(Cc2cccc(OC)c2)C2CC(C(=O)N3CCNCC3)N(C(=O)c3cccs3)C2)cc1. The van der Waals surface area contributed by atoms with E-state index in [1.54, 1.807) is 54.4 Å². The second-order valence-corrected chi connectivity index (χ2v) is 10.9. The summed E-state index contributed by atoms with van der Waals surface area (Å²) in [7, 11) is 3.19. The maximum absolute atomic E-state index is 14.0. The van der Waals surface area contributed by atoms with Crippen molar-refractivity contribution in [3.05, 3.63) is 82.0 Å². The van der Waals surface area contributed by atoms with Crippen LogP contribution in [0.1, 0.15) is 32.0 Å². The number of carbonyl (C=O) groups excluding carboxylic acids is 3. The molecule has 5 rings (SSSR count). The number of amides is 3. The topological polar surface area (TPSA) is 91.4 Å². The summed E-state index contributed by atoms with van der Waals surface area (Å²) in [5.41, 5.74) is 1.41. The summed E-state index contributed by atoms with van der Waals surface area (Å²) in [6, 6.07) is 17.2. The second kappa shape index (κ2) is 12.5. The second-order valence-electron chi connectivity index (χ2n) is 9.93. The van der Waals surface area contributed by atoms with E-state index in [0.717, 1.165) is 18.7 Å². The smallest absolute Gasteiger partial charge is 0.264 e. The largest absolute Gasteiger partial charge is 0.497 e. The highest BCUT2D eigenvalue weighted by atomic mass is 32.1. The van der Waals surface area contributed by atoms with Gasteiger partial charge in [0, 0.05) is 44.8 Å². The van der Waals surface area contributed by atoms with Gasteiger partial charge in [-0.05, 0) is 59.8 Å². The van der Waals surface area contributed by atoms with Gasteiger partial charge in [0.25, 0.3) is 11.8 Å². The minimum Gasteiger partial charge on any atom is -0.497 e. The molecule has 9 nitrogen and oxygen atoms in total. The number of benzene rings is 2. The van der Waals surface area contributed by atoms with Gasteiger partial charge in [-0.1, -0.05) is 18.2 Å². The number of rotatable bonds is 8. The van der Waals surface area contributed by atoms with Gasteiger partial charge in [-0.2, -0.15) is 0 Å². The average molecular weight is 563 g/mol. The molecule has 2 aromatic carbocycles.